The van der Waals surface area contributed by atoms with Gasteiger partial charge in [0.1, 0.15) is 5.75 Å². The first-order chi connectivity index (χ1) is 16.8. The van der Waals surface area contributed by atoms with Crippen molar-refractivity contribution in [2.24, 2.45) is 0 Å². The lowest BCUT2D eigenvalue weighted by atomic mass is 9.61. The van der Waals surface area contributed by atoms with Crippen molar-refractivity contribution < 1.29 is 49.0 Å². The normalized spacial score (nSPS) is 38.5. The van der Waals surface area contributed by atoms with E-state index in [-0.39, 0.29) is 23.6 Å². The number of esters is 1. The average molecular weight is 508 g/mol. The lowest BCUT2D eigenvalue weighted by Gasteiger charge is -2.52. The molecule has 8 atom stereocenters. The molecule has 2 aliphatic heterocycles. The number of hydrogen-bond acceptors (Lipinski definition) is 11. The molecule has 0 saturated carbocycles. The fourth-order valence-corrected chi connectivity index (χ4v) is 5.77. The summed E-state index contributed by atoms with van der Waals surface area (Å²) in [7, 11) is 4.81. The number of fused-ring (bicyclic) bond motifs is 2. The van der Waals surface area contributed by atoms with Gasteiger partial charge in [0.25, 0.3) is 0 Å². The third kappa shape index (κ3) is 3.77. The predicted octanol–water partition coefficient (Wildman–Crippen LogP) is 0.115. The summed E-state index contributed by atoms with van der Waals surface area (Å²) >= 11 is 0. The molecule has 3 aliphatic rings. The highest BCUT2D eigenvalue weighted by atomic mass is 16.5. The monoisotopic (exact) mass is 507 g/mol. The standard InChI is InChI=1S/C25H33NO10/c1-11-20(28)16(26(3)4)9-17(35-11)14-6-7-15-19(21(14)29)23(31)25(33)12(2)36-13(8-18(27)34-5)10-24(25,32)22(15)30/h6-7,11-13,16-17,20,28-29,32-33H,8-10H2,1-5H3/t11-,12-,13-,16-,17-,20-,24-,25-/m1/s1. The van der Waals surface area contributed by atoms with Crippen LogP contribution in [0, 0.1) is 0 Å². The van der Waals surface area contributed by atoms with Crippen LogP contribution in [-0.2, 0) is 19.0 Å². The van der Waals surface area contributed by atoms with Crippen LogP contribution in [0.3, 0.4) is 0 Å². The second-order valence-electron chi connectivity index (χ2n) is 10.2. The van der Waals surface area contributed by atoms with E-state index in [9.17, 15) is 34.8 Å². The number of ether oxygens (including phenoxy) is 3. The number of aliphatic hydroxyl groups is 3. The SMILES string of the molecule is COC(=O)C[C@@H]1C[C@@]2(O)C(=O)c3ccc([C@H]4C[C@@H](N(C)C)[C@H](O)[C@@H](C)O4)c(O)c3C(=O)[C@]2(O)[C@@H](C)O1. The van der Waals surface area contributed by atoms with E-state index in [2.05, 4.69) is 4.74 Å². The van der Waals surface area contributed by atoms with Crippen LogP contribution in [0.4, 0.5) is 0 Å². The van der Waals surface area contributed by atoms with Crippen molar-refractivity contribution in [3.63, 3.8) is 0 Å². The van der Waals surface area contributed by atoms with Gasteiger partial charge >= 0.3 is 5.97 Å². The molecule has 0 aromatic heterocycles. The van der Waals surface area contributed by atoms with Crippen molar-refractivity contribution in [1.82, 2.24) is 4.90 Å². The highest BCUT2D eigenvalue weighted by Crippen LogP contribution is 2.50. The van der Waals surface area contributed by atoms with Crippen LogP contribution >= 0.6 is 0 Å². The first kappa shape index (κ1) is 26.6. The number of phenolic OH excluding ortho intramolecular Hbond substituents is 1. The second kappa shape index (κ2) is 9.16. The van der Waals surface area contributed by atoms with Gasteiger partial charge in [-0.2, -0.15) is 0 Å². The minimum Gasteiger partial charge on any atom is -0.507 e. The summed E-state index contributed by atoms with van der Waals surface area (Å²) in [5, 5.41) is 44.6. The molecular formula is C25H33NO10. The molecule has 2 saturated heterocycles. The summed E-state index contributed by atoms with van der Waals surface area (Å²) in [5.41, 5.74) is -5.70. The Labute approximate surface area is 208 Å². The molecule has 4 N–H and O–H groups in total. The molecule has 2 fully saturated rings. The number of rotatable bonds is 4. The summed E-state index contributed by atoms with van der Waals surface area (Å²) in [6.45, 7) is 3.02. The Balaban J connectivity index is 1.76. The molecule has 2 heterocycles. The van der Waals surface area contributed by atoms with Gasteiger partial charge in [0.15, 0.2) is 17.0 Å². The fraction of sp³-hybridized carbons (Fsp3) is 0.640. The minimum atomic E-state index is -2.69. The zero-order chi connectivity index (χ0) is 26.7. The number of carbonyl (C=O) groups excluding carboxylic acids is 3. The molecule has 1 aromatic carbocycles. The summed E-state index contributed by atoms with van der Waals surface area (Å²) in [5.74, 6) is -3.18. The van der Waals surface area contributed by atoms with E-state index < -0.39 is 77.0 Å². The van der Waals surface area contributed by atoms with E-state index in [4.69, 9.17) is 9.47 Å². The van der Waals surface area contributed by atoms with Crippen molar-refractivity contribution in [3.05, 3.63) is 28.8 Å². The van der Waals surface area contributed by atoms with Crippen LogP contribution in [0.15, 0.2) is 12.1 Å². The molecular weight excluding hydrogens is 474 g/mol. The molecule has 0 bridgehead atoms. The maximum atomic E-state index is 13.7. The maximum Gasteiger partial charge on any atom is 0.308 e. The van der Waals surface area contributed by atoms with Crippen LogP contribution in [0.2, 0.25) is 0 Å². The van der Waals surface area contributed by atoms with E-state index in [1.54, 1.807) is 6.92 Å². The number of phenols is 1. The van der Waals surface area contributed by atoms with Gasteiger partial charge in [0.2, 0.25) is 5.78 Å². The molecule has 11 nitrogen and oxygen atoms in total. The molecule has 0 radical (unpaired) electrons. The Morgan fingerprint density at radius 2 is 1.83 bits per heavy atom. The predicted molar refractivity (Wildman–Crippen MR) is 124 cm³/mol. The van der Waals surface area contributed by atoms with E-state index in [0.717, 1.165) is 0 Å². The topological polar surface area (TPSA) is 163 Å². The van der Waals surface area contributed by atoms with Gasteiger partial charge in [-0.1, -0.05) is 6.07 Å². The fourth-order valence-electron chi connectivity index (χ4n) is 5.77. The van der Waals surface area contributed by atoms with Crippen LogP contribution in [-0.4, -0.2) is 106 Å². The molecule has 0 amide bonds. The number of carbonyl (C=O) groups is 3. The third-order valence-electron chi connectivity index (χ3n) is 7.88. The smallest absolute Gasteiger partial charge is 0.308 e. The van der Waals surface area contributed by atoms with E-state index in [0.29, 0.717) is 6.42 Å². The second-order valence-corrected chi connectivity index (χ2v) is 10.2. The Morgan fingerprint density at radius 3 is 2.44 bits per heavy atom. The molecule has 1 aliphatic carbocycles. The van der Waals surface area contributed by atoms with Gasteiger partial charge in [0, 0.05) is 23.6 Å². The molecule has 0 spiro atoms. The van der Waals surface area contributed by atoms with Crippen molar-refractivity contribution in [2.45, 2.75) is 80.9 Å². The molecule has 4 rings (SSSR count). The van der Waals surface area contributed by atoms with Gasteiger partial charge in [-0.3, -0.25) is 14.4 Å². The first-order valence-electron chi connectivity index (χ1n) is 11.9. The Hall–Kier alpha value is -2.41. The zero-order valence-corrected chi connectivity index (χ0v) is 20.9. The molecule has 198 valence electrons. The summed E-state index contributed by atoms with van der Waals surface area (Å²) in [4.78, 5) is 40.8. The first-order valence-corrected chi connectivity index (χ1v) is 11.9. The van der Waals surface area contributed by atoms with Crippen LogP contribution in [0.5, 0.6) is 5.75 Å². The third-order valence-corrected chi connectivity index (χ3v) is 7.88. The number of Topliss-reactive ketones (excluding diaryl/α,β-unsaturated/α-hetero) is 2. The van der Waals surface area contributed by atoms with Crippen molar-refractivity contribution in [1.29, 1.82) is 0 Å². The van der Waals surface area contributed by atoms with Crippen molar-refractivity contribution >= 4 is 17.5 Å². The summed E-state index contributed by atoms with van der Waals surface area (Å²) in [6.07, 6.45) is -4.90. The number of aliphatic hydroxyl groups excluding tert-OH is 1. The number of methoxy groups -OCH3 is 1. The van der Waals surface area contributed by atoms with E-state index >= 15 is 0 Å². The highest BCUT2D eigenvalue weighted by molar-refractivity contribution is 6.23. The number of likely N-dealkylation sites (N-methyl/N-ethyl adjacent to an activating group) is 1. The number of ketones is 2. The maximum absolute atomic E-state index is 13.7. The van der Waals surface area contributed by atoms with Crippen molar-refractivity contribution in [2.75, 3.05) is 21.2 Å². The van der Waals surface area contributed by atoms with Gasteiger partial charge in [-0.25, -0.2) is 0 Å². The summed E-state index contributed by atoms with van der Waals surface area (Å²) < 4.78 is 16.2. The largest absolute Gasteiger partial charge is 0.507 e. The summed E-state index contributed by atoms with van der Waals surface area (Å²) in [6, 6.07) is 2.48. The molecule has 11 heteroatoms. The quantitative estimate of drug-likeness (QED) is 0.409. The molecule has 36 heavy (non-hydrogen) atoms. The Morgan fingerprint density at radius 1 is 1.17 bits per heavy atom. The van der Waals surface area contributed by atoms with Gasteiger partial charge in [-0.15, -0.1) is 0 Å². The number of hydrogen-bond donors (Lipinski definition) is 4. The van der Waals surface area contributed by atoms with Crippen LogP contribution in [0.1, 0.15) is 65.5 Å². The van der Waals surface area contributed by atoms with E-state index in [1.807, 2.05) is 19.0 Å². The Bertz CT molecular complexity index is 1090. The lowest BCUT2D eigenvalue weighted by molar-refractivity contribution is -0.228. The minimum absolute atomic E-state index is 0.225. The van der Waals surface area contributed by atoms with Crippen LogP contribution < -0.4 is 0 Å². The van der Waals surface area contributed by atoms with E-state index in [1.165, 1.54) is 26.2 Å². The van der Waals surface area contributed by atoms with Crippen molar-refractivity contribution in [3.8, 4) is 5.75 Å². The molecule has 1 aromatic rings. The molecule has 0 unspecified atom stereocenters. The van der Waals surface area contributed by atoms with Gasteiger partial charge in [-0.05, 0) is 40.4 Å². The highest BCUT2D eigenvalue weighted by Gasteiger charge is 2.69. The van der Waals surface area contributed by atoms with Crippen LogP contribution in [0.25, 0.3) is 0 Å². The number of benzene rings is 1. The van der Waals surface area contributed by atoms with Gasteiger partial charge < -0.3 is 39.5 Å². The zero-order valence-electron chi connectivity index (χ0n) is 20.9. The number of nitrogens with zero attached hydrogens (tertiary/aromatic N) is 1. The lowest BCUT2D eigenvalue weighted by Crippen LogP contribution is -2.75. The number of aromatic hydroxyl groups is 1. The average Bonchev–Trinajstić information content (AvgIpc) is 2.81. The Kier molecular flexibility index (Phi) is 6.78. The van der Waals surface area contributed by atoms with Gasteiger partial charge in [0.05, 0.1) is 49.6 Å².